The normalized spacial score (nSPS) is 11.5. The van der Waals surface area contributed by atoms with E-state index in [1.54, 1.807) is 0 Å². The molecule has 0 radical (unpaired) electrons. The predicted molar refractivity (Wildman–Crippen MR) is 96.9 cm³/mol. The molecule has 0 aromatic heterocycles. The van der Waals surface area contributed by atoms with Crippen molar-refractivity contribution in [1.29, 1.82) is 0 Å². The second-order valence-corrected chi connectivity index (χ2v) is 6.15. The van der Waals surface area contributed by atoms with Crippen LogP contribution < -0.4 is 16.4 Å². The summed E-state index contributed by atoms with van der Waals surface area (Å²) in [6.45, 7) is 0. The van der Waals surface area contributed by atoms with Gasteiger partial charge in [-0.1, -0.05) is 28.1 Å². The Labute approximate surface area is 152 Å². The quantitative estimate of drug-likeness (QED) is 0.706. The first kappa shape index (κ1) is 18.9. The van der Waals surface area contributed by atoms with Crippen LogP contribution in [-0.2, 0) is 16.0 Å². The fraction of sp³-hybridized carbons (Fsp3) is 0.176. The molecule has 2 aromatic carbocycles. The fourth-order valence-corrected chi connectivity index (χ4v) is 2.32. The van der Waals surface area contributed by atoms with Gasteiger partial charge in [0.2, 0.25) is 5.91 Å². The van der Waals surface area contributed by atoms with Gasteiger partial charge in [0.1, 0.15) is 5.82 Å². The smallest absolute Gasteiger partial charge is 0.411 e. The van der Waals surface area contributed by atoms with Gasteiger partial charge in [0.25, 0.3) is 0 Å². The summed E-state index contributed by atoms with van der Waals surface area (Å²) < 4.78 is 19.3. The number of rotatable bonds is 5. The molecule has 2 rings (SSSR count). The third-order valence-corrected chi connectivity index (χ3v) is 3.89. The highest BCUT2D eigenvalue weighted by molar-refractivity contribution is 9.10. The number of hydrogen-bond donors (Lipinski definition) is 3. The van der Waals surface area contributed by atoms with Crippen molar-refractivity contribution >= 4 is 39.3 Å². The van der Waals surface area contributed by atoms with Crippen LogP contribution in [0.3, 0.4) is 0 Å². The molecule has 8 heteroatoms. The molecule has 0 aliphatic heterocycles. The number of ether oxygens (including phenoxy) is 1. The Morgan fingerprint density at radius 2 is 1.88 bits per heavy atom. The van der Waals surface area contributed by atoms with Gasteiger partial charge in [-0.3, -0.25) is 10.1 Å². The number of anilines is 2. The molecule has 0 saturated carbocycles. The Kier molecular flexibility index (Phi) is 6.49. The van der Waals surface area contributed by atoms with Crippen LogP contribution >= 0.6 is 15.9 Å². The molecule has 0 fully saturated rings. The van der Waals surface area contributed by atoms with Crippen LogP contribution in [0.15, 0.2) is 46.9 Å². The second kappa shape index (κ2) is 8.59. The number of nitrogens with one attached hydrogen (secondary N) is 2. The molecular formula is C17H17BrFN3O3. The lowest BCUT2D eigenvalue weighted by Gasteiger charge is -2.13. The summed E-state index contributed by atoms with van der Waals surface area (Å²) >= 11 is 3.34. The van der Waals surface area contributed by atoms with Crippen LogP contribution in [-0.4, -0.2) is 25.2 Å². The molecule has 0 heterocycles. The van der Waals surface area contributed by atoms with Gasteiger partial charge in [-0.05, 0) is 42.3 Å². The third kappa shape index (κ3) is 5.54. The van der Waals surface area contributed by atoms with E-state index in [0.29, 0.717) is 6.42 Å². The minimum Gasteiger partial charge on any atom is -0.453 e. The molecule has 0 unspecified atom stereocenters. The minimum absolute atomic E-state index is 0.0518. The van der Waals surface area contributed by atoms with Crippen LogP contribution in [0.1, 0.15) is 5.56 Å². The molecule has 2 aromatic rings. The van der Waals surface area contributed by atoms with E-state index in [0.717, 1.165) is 16.1 Å². The standard InChI is InChI=1S/C17H17BrFN3O3/c1-25-17(24)22-15-7-6-12(9-13(15)19)21-16(23)14(20)8-10-2-4-11(18)5-3-10/h2-7,9,14H,8,20H2,1H3,(H,21,23)(H,22,24)/t14-/m0/s1. The van der Waals surface area contributed by atoms with Gasteiger partial charge in [0.15, 0.2) is 0 Å². The van der Waals surface area contributed by atoms with E-state index in [9.17, 15) is 14.0 Å². The lowest BCUT2D eigenvalue weighted by molar-refractivity contribution is -0.117. The van der Waals surface area contributed by atoms with Crippen molar-refractivity contribution in [1.82, 2.24) is 0 Å². The summed E-state index contributed by atoms with van der Waals surface area (Å²) in [6.07, 6.45) is -0.434. The number of carbonyl (C=O) groups is 2. The highest BCUT2D eigenvalue weighted by Crippen LogP contribution is 2.19. The molecule has 2 amide bonds. The summed E-state index contributed by atoms with van der Waals surface area (Å²) in [6, 6.07) is 10.5. The average molecular weight is 410 g/mol. The van der Waals surface area contributed by atoms with E-state index in [2.05, 4.69) is 31.3 Å². The first-order valence-corrected chi connectivity index (χ1v) is 8.13. The molecule has 1 atom stereocenters. The van der Waals surface area contributed by atoms with E-state index in [1.807, 2.05) is 24.3 Å². The van der Waals surface area contributed by atoms with Gasteiger partial charge >= 0.3 is 6.09 Å². The van der Waals surface area contributed by atoms with Gasteiger partial charge in [0.05, 0.1) is 18.8 Å². The zero-order chi connectivity index (χ0) is 18.4. The number of amides is 2. The number of nitrogens with two attached hydrogens (primary N) is 1. The number of hydrogen-bond acceptors (Lipinski definition) is 4. The molecule has 132 valence electrons. The molecule has 0 bridgehead atoms. The van der Waals surface area contributed by atoms with Crippen LogP contribution in [0.5, 0.6) is 0 Å². The van der Waals surface area contributed by atoms with Gasteiger partial charge in [-0.2, -0.15) is 0 Å². The summed E-state index contributed by atoms with van der Waals surface area (Å²) in [7, 11) is 1.18. The lowest BCUT2D eigenvalue weighted by Crippen LogP contribution is -2.37. The highest BCUT2D eigenvalue weighted by Gasteiger charge is 2.15. The highest BCUT2D eigenvalue weighted by atomic mass is 79.9. The van der Waals surface area contributed by atoms with E-state index in [1.165, 1.54) is 19.2 Å². The van der Waals surface area contributed by atoms with Crippen molar-refractivity contribution in [2.75, 3.05) is 17.7 Å². The summed E-state index contributed by atoms with van der Waals surface area (Å²) in [5, 5.41) is 4.77. The van der Waals surface area contributed by atoms with Crippen molar-refractivity contribution in [2.45, 2.75) is 12.5 Å². The number of methoxy groups -OCH3 is 1. The predicted octanol–water partition coefficient (Wildman–Crippen LogP) is 3.28. The van der Waals surface area contributed by atoms with Crippen LogP contribution in [0, 0.1) is 5.82 Å². The third-order valence-electron chi connectivity index (χ3n) is 3.36. The number of benzene rings is 2. The molecule has 0 aliphatic rings. The zero-order valence-corrected chi connectivity index (χ0v) is 15.0. The van der Waals surface area contributed by atoms with E-state index in [4.69, 9.17) is 5.73 Å². The summed E-state index contributed by atoms with van der Waals surface area (Å²) in [4.78, 5) is 23.2. The average Bonchev–Trinajstić information content (AvgIpc) is 2.59. The van der Waals surface area contributed by atoms with Crippen molar-refractivity contribution in [3.05, 3.63) is 58.3 Å². The zero-order valence-electron chi connectivity index (χ0n) is 13.4. The van der Waals surface area contributed by atoms with Crippen LogP contribution in [0.2, 0.25) is 0 Å². The minimum atomic E-state index is -0.785. The van der Waals surface area contributed by atoms with Crippen molar-refractivity contribution < 1.29 is 18.7 Å². The first-order valence-electron chi connectivity index (χ1n) is 7.34. The fourth-order valence-electron chi connectivity index (χ4n) is 2.06. The topological polar surface area (TPSA) is 93.5 Å². The maximum atomic E-state index is 13.9. The molecule has 0 spiro atoms. The van der Waals surface area contributed by atoms with E-state index in [-0.39, 0.29) is 11.4 Å². The van der Waals surface area contributed by atoms with Crippen molar-refractivity contribution in [3.8, 4) is 0 Å². The maximum Gasteiger partial charge on any atom is 0.411 e. The van der Waals surface area contributed by atoms with E-state index >= 15 is 0 Å². The van der Waals surface area contributed by atoms with Gasteiger partial charge in [-0.15, -0.1) is 0 Å². The molecule has 0 aliphatic carbocycles. The maximum absolute atomic E-state index is 13.9. The van der Waals surface area contributed by atoms with Crippen molar-refractivity contribution in [3.63, 3.8) is 0 Å². The monoisotopic (exact) mass is 409 g/mol. The number of halogens is 2. The summed E-state index contributed by atoms with van der Waals surface area (Å²) in [5.41, 5.74) is 7.00. The Bertz CT molecular complexity index is 768. The lowest BCUT2D eigenvalue weighted by atomic mass is 10.1. The molecule has 4 N–H and O–H groups in total. The van der Waals surface area contributed by atoms with Crippen LogP contribution in [0.25, 0.3) is 0 Å². The Hall–Kier alpha value is -2.45. The molecular weight excluding hydrogens is 393 g/mol. The van der Waals surface area contributed by atoms with Gasteiger partial charge in [0, 0.05) is 10.2 Å². The number of carbonyl (C=O) groups excluding carboxylic acids is 2. The Morgan fingerprint density at radius 3 is 2.48 bits per heavy atom. The molecule has 25 heavy (non-hydrogen) atoms. The summed E-state index contributed by atoms with van der Waals surface area (Å²) in [5.74, 6) is -1.14. The first-order chi connectivity index (χ1) is 11.9. The largest absolute Gasteiger partial charge is 0.453 e. The SMILES string of the molecule is COC(=O)Nc1ccc(NC(=O)[C@@H](N)Cc2ccc(Br)cc2)cc1F. The molecule has 6 nitrogen and oxygen atoms in total. The second-order valence-electron chi connectivity index (χ2n) is 5.24. The van der Waals surface area contributed by atoms with Gasteiger partial charge in [-0.25, -0.2) is 9.18 Å². The Morgan fingerprint density at radius 1 is 1.20 bits per heavy atom. The van der Waals surface area contributed by atoms with E-state index < -0.39 is 23.9 Å². The van der Waals surface area contributed by atoms with Crippen molar-refractivity contribution in [2.24, 2.45) is 5.73 Å². The van der Waals surface area contributed by atoms with Crippen LogP contribution in [0.4, 0.5) is 20.6 Å². The molecule has 0 saturated heterocycles. The Balaban J connectivity index is 1.98. The van der Waals surface area contributed by atoms with Gasteiger partial charge < -0.3 is 15.8 Å².